The Hall–Kier alpha value is -0.810. The van der Waals surface area contributed by atoms with Crippen LogP contribution in [0.1, 0.15) is 40.0 Å². The van der Waals surface area contributed by atoms with Crippen molar-refractivity contribution in [2.24, 2.45) is 4.99 Å². The highest BCUT2D eigenvalue weighted by Gasteiger charge is 2.05. The first-order chi connectivity index (χ1) is 9.67. The molecule has 0 aliphatic carbocycles. The number of guanidine groups is 1. The summed E-state index contributed by atoms with van der Waals surface area (Å²) in [5.41, 5.74) is 0. The van der Waals surface area contributed by atoms with E-state index in [9.17, 15) is 0 Å². The third kappa shape index (κ3) is 10.0. The maximum absolute atomic E-state index is 5.11. The Morgan fingerprint density at radius 1 is 1.20 bits per heavy atom. The summed E-state index contributed by atoms with van der Waals surface area (Å²) in [6.07, 6.45) is 3.59. The lowest BCUT2D eigenvalue weighted by atomic mass is 10.3. The zero-order chi connectivity index (χ0) is 15.2. The zero-order valence-corrected chi connectivity index (χ0v) is 14.0. The molecular formula is C15H34N4O. The summed E-state index contributed by atoms with van der Waals surface area (Å²) in [5, 5.41) is 6.66. The fraction of sp³-hybridized carbons (Fsp3) is 0.933. The van der Waals surface area contributed by atoms with Gasteiger partial charge in [0.2, 0.25) is 0 Å². The van der Waals surface area contributed by atoms with E-state index in [4.69, 9.17) is 4.74 Å². The maximum atomic E-state index is 5.11. The quantitative estimate of drug-likeness (QED) is 0.345. The van der Waals surface area contributed by atoms with Crippen LogP contribution in [0.25, 0.3) is 0 Å². The monoisotopic (exact) mass is 286 g/mol. The predicted octanol–water partition coefficient (Wildman–Crippen LogP) is 1.70. The highest BCUT2D eigenvalue weighted by atomic mass is 16.5. The Labute approximate surface area is 125 Å². The molecule has 0 radical (unpaired) electrons. The molecule has 0 spiro atoms. The van der Waals surface area contributed by atoms with Crippen LogP contribution in [-0.4, -0.2) is 63.8 Å². The molecule has 20 heavy (non-hydrogen) atoms. The molecule has 0 bridgehead atoms. The summed E-state index contributed by atoms with van der Waals surface area (Å²) >= 11 is 0. The molecule has 0 aliphatic heterocycles. The number of aliphatic imine (C=N–C) groups is 1. The molecule has 0 aromatic carbocycles. The van der Waals surface area contributed by atoms with Gasteiger partial charge in [0.15, 0.2) is 5.96 Å². The van der Waals surface area contributed by atoms with E-state index in [1.807, 2.05) is 0 Å². The van der Waals surface area contributed by atoms with E-state index in [1.54, 1.807) is 14.2 Å². The number of methoxy groups -OCH3 is 1. The molecule has 0 saturated carbocycles. The lowest BCUT2D eigenvalue weighted by Crippen LogP contribution is -2.44. The molecule has 1 atom stereocenters. The van der Waals surface area contributed by atoms with E-state index < -0.39 is 0 Å². The summed E-state index contributed by atoms with van der Waals surface area (Å²) in [7, 11) is 3.51. The number of hydrogen-bond acceptors (Lipinski definition) is 3. The second-order valence-corrected chi connectivity index (χ2v) is 5.19. The molecular weight excluding hydrogens is 252 g/mol. The molecule has 0 heterocycles. The molecule has 5 heteroatoms. The Morgan fingerprint density at radius 3 is 2.35 bits per heavy atom. The molecule has 0 fully saturated rings. The van der Waals surface area contributed by atoms with E-state index in [0.717, 1.165) is 25.5 Å². The Morgan fingerprint density at radius 2 is 1.85 bits per heavy atom. The third-order valence-corrected chi connectivity index (χ3v) is 3.05. The molecule has 0 rings (SSSR count). The highest BCUT2D eigenvalue weighted by molar-refractivity contribution is 5.79. The van der Waals surface area contributed by atoms with Crippen LogP contribution in [0.3, 0.4) is 0 Å². The first-order valence-electron chi connectivity index (χ1n) is 7.86. The van der Waals surface area contributed by atoms with Crippen LogP contribution in [0.5, 0.6) is 0 Å². The molecule has 0 aromatic heterocycles. The standard InChI is InChI=1S/C15H34N4O/c1-6-10-19(11-7-2)12-8-9-17-15(16-4)18-14(3)13-20-5/h14H,6-13H2,1-5H3,(H2,16,17,18). The Balaban J connectivity index is 3.84. The fourth-order valence-electron chi connectivity index (χ4n) is 2.20. The van der Waals surface area contributed by atoms with Gasteiger partial charge in [-0.05, 0) is 45.8 Å². The van der Waals surface area contributed by atoms with Crippen molar-refractivity contribution in [1.29, 1.82) is 0 Å². The van der Waals surface area contributed by atoms with Crippen molar-refractivity contribution in [2.45, 2.75) is 46.1 Å². The van der Waals surface area contributed by atoms with Crippen molar-refractivity contribution >= 4 is 5.96 Å². The summed E-state index contributed by atoms with van der Waals surface area (Å²) in [6.45, 7) is 11.7. The van der Waals surface area contributed by atoms with Crippen LogP contribution >= 0.6 is 0 Å². The molecule has 2 N–H and O–H groups in total. The zero-order valence-electron chi connectivity index (χ0n) is 14.0. The van der Waals surface area contributed by atoms with Crippen molar-refractivity contribution in [3.05, 3.63) is 0 Å². The Kier molecular flexibility index (Phi) is 12.7. The van der Waals surface area contributed by atoms with Gasteiger partial charge in [-0.1, -0.05) is 13.8 Å². The first-order valence-corrected chi connectivity index (χ1v) is 7.86. The van der Waals surface area contributed by atoms with Crippen molar-refractivity contribution in [3.8, 4) is 0 Å². The van der Waals surface area contributed by atoms with Crippen LogP contribution in [0.2, 0.25) is 0 Å². The fourth-order valence-corrected chi connectivity index (χ4v) is 2.20. The van der Waals surface area contributed by atoms with Gasteiger partial charge in [0.05, 0.1) is 6.61 Å². The lowest BCUT2D eigenvalue weighted by molar-refractivity contribution is 0.179. The van der Waals surface area contributed by atoms with E-state index in [0.29, 0.717) is 6.61 Å². The number of nitrogens with zero attached hydrogens (tertiary/aromatic N) is 2. The number of rotatable bonds is 11. The third-order valence-electron chi connectivity index (χ3n) is 3.05. The highest BCUT2D eigenvalue weighted by Crippen LogP contribution is 1.95. The van der Waals surface area contributed by atoms with Crippen molar-refractivity contribution < 1.29 is 4.74 Å². The van der Waals surface area contributed by atoms with Crippen molar-refractivity contribution in [2.75, 3.05) is 46.9 Å². The van der Waals surface area contributed by atoms with Gasteiger partial charge in [-0.15, -0.1) is 0 Å². The Bertz CT molecular complexity index is 240. The van der Waals surface area contributed by atoms with Gasteiger partial charge in [0.1, 0.15) is 0 Å². The van der Waals surface area contributed by atoms with Gasteiger partial charge in [0.25, 0.3) is 0 Å². The van der Waals surface area contributed by atoms with Gasteiger partial charge in [0, 0.05) is 26.7 Å². The molecule has 1 unspecified atom stereocenters. The number of hydrogen-bond donors (Lipinski definition) is 2. The molecule has 0 aromatic rings. The van der Waals surface area contributed by atoms with E-state index >= 15 is 0 Å². The average molecular weight is 286 g/mol. The van der Waals surface area contributed by atoms with Crippen LogP contribution in [0.4, 0.5) is 0 Å². The van der Waals surface area contributed by atoms with Crippen molar-refractivity contribution in [3.63, 3.8) is 0 Å². The second-order valence-electron chi connectivity index (χ2n) is 5.19. The second kappa shape index (κ2) is 13.2. The van der Waals surface area contributed by atoms with Gasteiger partial charge < -0.3 is 20.3 Å². The molecule has 0 amide bonds. The number of ether oxygens (including phenoxy) is 1. The van der Waals surface area contributed by atoms with Gasteiger partial charge in [-0.25, -0.2) is 0 Å². The minimum atomic E-state index is 0.267. The summed E-state index contributed by atoms with van der Waals surface area (Å²) < 4.78 is 5.11. The van der Waals surface area contributed by atoms with Gasteiger partial charge >= 0.3 is 0 Å². The van der Waals surface area contributed by atoms with Gasteiger partial charge in [-0.3, -0.25) is 4.99 Å². The van der Waals surface area contributed by atoms with Crippen LogP contribution in [0.15, 0.2) is 4.99 Å². The van der Waals surface area contributed by atoms with Crippen LogP contribution in [0, 0.1) is 0 Å². The first kappa shape index (κ1) is 19.2. The lowest BCUT2D eigenvalue weighted by Gasteiger charge is -2.21. The smallest absolute Gasteiger partial charge is 0.191 e. The van der Waals surface area contributed by atoms with E-state index in [1.165, 1.54) is 25.9 Å². The molecule has 5 nitrogen and oxygen atoms in total. The predicted molar refractivity (Wildman–Crippen MR) is 87.5 cm³/mol. The normalized spacial score (nSPS) is 13.6. The topological polar surface area (TPSA) is 48.9 Å². The van der Waals surface area contributed by atoms with E-state index in [2.05, 4.69) is 41.3 Å². The summed E-state index contributed by atoms with van der Waals surface area (Å²) in [6, 6.07) is 0.267. The largest absolute Gasteiger partial charge is 0.383 e. The molecule has 0 saturated heterocycles. The van der Waals surface area contributed by atoms with Crippen LogP contribution in [-0.2, 0) is 4.74 Å². The minimum Gasteiger partial charge on any atom is -0.383 e. The van der Waals surface area contributed by atoms with Crippen LogP contribution < -0.4 is 10.6 Å². The average Bonchev–Trinajstić information content (AvgIpc) is 2.42. The minimum absolute atomic E-state index is 0.267. The van der Waals surface area contributed by atoms with Crippen molar-refractivity contribution in [1.82, 2.24) is 15.5 Å². The van der Waals surface area contributed by atoms with E-state index in [-0.39, 0.29) is 6.04 Å². The summed E-state index contributed by atoms with van der Waals surface area (Å²) in [5.74, 6) is 0.854. The SMILES string of the molecule is CCCN(CCC)CCCNC(=NC)NC(C)COC. The summed E-state index contributed by atoms with van der Waals surface area (Å²) in [4.78, 5) is 6.76. The van der Waals surface area contributed by atoms with Gasteiger partial charge in [-0.2, -0.15) is 0 Å². The maximum Gasteiger partial charge on any atom is 0.191 e. The molecule has 0 aliphatic rings. The molecule has 120 valence electrons. The number of nitrogens with one attached hydrogen (secondary N) is 2.